The van der Waals surface area contributed by atoms with E-state index in [1.807, 2.05) is 6.07 Å². The molecule has 0 fully saturated rings. The van der Waals surface area contributed by atoms with E-state index in [1.54, 1.807) is 6.20 Å². The summed E-state index contributed by atoms with van der Waals surface area (Å²) >= 11 is 5.75. The third-order valence-corrected chi connectivity index (χ3v) is 2.60. The van der Waals surface area contributed by atoms with Gasteiger partial charge in [0.2, 0.25) is 5.28 Å². The molecule has 0 bridgehead atoms. The molecule has 0 unspecified atom stereocenters. The van der Waals surface area contributed by atoms with Crippen LogP contribution < -0.4 is 0 Å². The molecule has 0 N–H and O–H groups in total. The maximum absolute atomic E-state index is 5.75. The molecule has 2 nitrogen and oxygen atoms in total. The first-order valence-corrected chi connectivity index (χ1v) is 5.75. The molecule has 0 saturated carbocycles. The van der Waals surface area contributed by atoms with E-state index in [-0.39, 0.29) is 5.28 Å². The normalized spacial score (nSPS) is 10.4. The van der Waals surface area contributed by atoms with Gasteiger partial charge < -0.3 is 0 Å². The molecule has 16 heavy (non-hydrogen) atoms. The van der Waals surface area contributed by atoms with Crippen LogP contribution in [-0.4, -0.2) is 9.97 Å². The number of aromatic nitrogens is 2. The highest BCUT2D eigenvalue weighted by Crippen LogP contribution is 2.18. The van der Waals surface area contributed by atoms with Crippen LogP contribution in [0.2, 0.25) is 5.28 Å². The van der Waals surface area contributed by atoms with Gasteiger partial charge in [-0.15, -0.1) is 0 Å². The lowest BCUT2D eigenvalue weighted by molar-refractivity contribution is 0.922. The minimum atomic E-state index is 0.287. The van der Waals surface area contributed by atoms with Crippen LogP contribution in [0.5, 0.6) is 0 Å². The zero-order chi connectivity index (χ0) is 11.4. The summed E-state index contributed by atoms with van der Waals surface area (Å²) in [5.41, 5.74) is 3.29. The zero-order valence-corrected chi connectivity index (χ0v) is 9.91. The predicted octanol–water partition coefficient (Wildman–Crippen LogP) is 3.75. The van der Waals surface area contributed by atoms with Crippen molar-refractivity contribution in [2.24, 2.45) is 0 Å². The predicted molar refractivity (Wildman–Crippen MR) is 66.5 cm³/mol. The van der Waals surface area contributed by atoms with Crippen molar-refractivity contribution in [3.63, 3.8) is 0 Å². The highest BCUT2D eigenvalue weighted by atomic mass is 35.5. The van der Waals surface area contributed by atoms with E-state index >= 15 is 0 Å². The summed E-state index contributed by atoms with van der Waals surface area (Å²) in [7, 11) is 0. The number of rotatable bonds is 3. The van der Waals surface area contributed by atoms with Crippen LogP contribution in [-0.2, 0) is 6.42 Å². The molecule has 0 saturated heterocycles. The first-order valence-electron chi connectivity index (χ1n) is 5.37. The highest BCUT2D eigenvalue weighted by molar-refractivity contribution is 6.28. The fourth-order valence-electron chi connectivity index (χ4n) is 1.63. The quantitative estimate of drug-likeness (QED) is 0.754. The molecule has 0 spiro atoms. The highest BCUT2D eigenvalue weighted by Gasteiger charge is 2.00. The Labute approximate surface area is 100 Å². The molecule has 0 radical (unpaired) electrons. The lowest BCUT2D eigenvalue weighted by Gasteiger charge is -2.02. The van der Waals surface area contributed by atoms with E-state index in [4.69, 9.17) is 11.6 Å². The van der Waals surface area contributed by atoms with Gasteiger partial charge in [-0.3, -0.25) is 0 Å². The second-order valence-corrected chi connectivity index (χ2v) is 4.00. The summed E-state index contributed by atoms with van der Waals surface area (Å²) in [6, 6.07) is 10.3. The third kappa shape index (κ3) is 2.58. The van der Waals surface area contributed by atoms with Crippen molar-refractivity contribution in [3.8, 4) is 11.3 Å². The van der Waals surface area contributed by atoms with Gasteiger partial charge in [-0.05, 0) is 29.7 Å². The van der Waals surface area contributed by atoms with Crippen molar-refractivity contribution in [2.45, 2.75) is 19.8 Å². The van der Waals surface area contributed by atoms with Gasteiger partial charge in [0.05, 0.1) is 5.69 Å². The van der Waals surface area contributed by atoms with Crippen molar-refractivity contribution < 1.29 is 0 Å². The Bertz CT molecular complexity index is 466. The van der Waals surface area contributed by atoms with Crippen molar-refractivity contribution in [3.05, 3.63) is 47.4 Å². The number of nitrogens with zero attached hydrogens (tertiary/aromatic N) is 2. The van der Waals surface area contributed by atoms with Crippen LogP contribution in [0, 0.1) is 0 Å². The Hall–Kier alpha value is -1.41. The average molecular weight is 233 g/mol. The molecule has 0 aliphatic heterocycles. The van der Waals surface area contributed by atoms with Crippen LogP contribution in [0.3, 0.4) is 0 Å². The first-order chi connectivity index (χ1) is 7.79. The zero-order valence-electron chi connectivity index (χ0n) is 9.15. The van der Waals surface area contributed by atoms with Crippen LogP contribution in [0.15, 0.2) is 36.5 Å². The smallest absolute Gasteiger partial charge is 0.222 e. The van der Waals surface area contributed by atoms with E-state index in [0.29, 0.717) is 0 Å². The van der Waals surface area contributed by atoms with Gasteiger partial charge in [0.15, 0.2) is 0 Å². The lowest BCUT2D eigenvalue weighted by atomic mass is 10.1. The van der Waals surface area contributed by atoms with Gasteiger partial charge in [0, 0.05) is 11.8 Å². The van der Waals surface area contributed by atoms with E-state index in [2.05, 4.69) is 41.2 Å². The maximum Gasteiger partial charge on any atom is 0.222 e. The lowest BCUT2D eigenvalue weighted by Crippen LogP contribution is -1.87. The topological polar surface area (TPSA) is 25.8 Å². The molecule has 2 rings (SSSR count). The summed E-state index contributed by atoms with van der Waals surface area (Å²) in [6.07, 6.45) is 3.95. The summed E-state index contributed by atoms with van der Waals surface area (Å²) in [4.78, 5) is 8.04. The Morgan fingerprint density at radius 3 is 2.50 bits per heavy atom. The van der Waals surface area contributed by atoms with Gasteiger partial charge >= 0.3 is 0 Å². The summed E-state index contributed by atoms with van der Waals surface area (Å²) < 4.78 is 0. The molecule has 2 aromatic rings. The van der Waals surface area contributed by atoms with Crippen LogP contribution in [0.4, 0.5) is 0 Å². The second kappa shape index (κ2) is 5.08. The van der Waals surface area contributed by atoms with E-state index in [1.165, 1.54) is 12.0 Å². The summed E-state index contributed by atoms with van der Waals surface area (Å²) in [5.74, 6) is 0. The van der Waals surface area contributed by atoms with Gasteiger partial charge in [-0.1, -0.05) is 37.6 Å². The fraction of sp³-hybridized carbons (Fsp3) is 0.231. The van der Waals surface area contributed by atoms with Crippen molar-refractivity contribution in [1.82, 2.24) is 9.97 Å². The average Bonchev–Trinajstić information content (AvgIpc) is 2.30. The van der Waals surface area contributed by atoms with Crippen molar-refractivity contribution >= 4 is 11.6 Å². The van der Waals surface area contributed by atoms with Gasteiger partial charge in [-0.25, -0.2) is 9.97 Å². The molecule has 1 aromatic carbocycles. The Morgan fingerprint density at radius 2 is 1.88 bits per heavy atom. The Morgan fingerprint density at radius 1 is 1.12 bits per heavy atom. The van der Waals surface area contributed by atoms with E-state index in [0.717, 1.165) is 17.7 Å². The molecule has 0 atom stereocenters. The van der Waals surface area contributed by atoms with Crippen LogP contribution in [0.1, 0.15) is 18.9 Å². The van der Waals surface area contributed by atoms with E-state index < -0.39 is 0 Å². The Kier molecular flexibility index (Phi) is 3.52. The number of aryl methyl sites for hydroxylation is 1. The maximum atomic E-state index is 5.75. The molecule has 0 amide bonds. The van der Waals surface area contributed by atoms with Crippen LogP contribution in [0.25, 0.3) is 11.3 Å². The molecule has 1 aromatic heterocycles. The minimum Gasteiger partial charge on any atom is -0.226 e. The summed E-state index contributed by atoms with van der Waals surface area (Å²) in [6.45, 7) is 2.18. The minimum absolute atomic E-state index is 0.287. The van der Waals surface area contributed by atoms with E-state index in [9.17, 15) is 0 Å². The van der Waals surface area contributed by atoms with Crippen LogP contribution >= 0.6 is 11.6 Å². The largest absolute Gasteiger partial charge is 0.226 e. The number of hydrogen-bond acceptors (Lipinski definition) is 2. The van der Waals surface area contributed by atoms with Crippen molar-refractivity contribution in [1.29, 1.82) is 0 Å². The summed E-state index contributed by atoms with van der Waals surface area (Å²) in [5, 5.41) is 0.287. The standard InChI is InChI=1S/C13H13ClN2/c1-2-3-10-4-6-11(7-5-10)12-8-9-15-13(14)16-12/h4-9H,2-3H2,1H3. The molecular weight excluding hydrogens is 220 g/mol. The fourth-order valence-corrected chi connectivity index (χ4v) is 1.77. The molecular formula is C13H13ClN2. The molecule has 1 heterocycles. The molecule has 3 heteroatoms. The monoisotopic (exact) mass is 232 g/mol. The van der Waals surface area contributed by atoms with Gasteiger partial charge in [0.1, 0.15) is 0 Å². The SMILES string of the molecule is CCCc1ccc(-c2ccnc(Cl)n2)cc1. The molecule has 0 aliphatic carbocycles. The first kappa shape index (κ1) is 11.1. The second-order valence-electron chi connectivity index (χ2n) is 3.66. The third-order valence-electron chi connectivity index (χ3n) is 2.41. The molecule has 82 valence electrons. The number of halogens is 1. The van der Waals surface area contributed by atoms with Gasteiger partial charge in [-0.2, -0.15) is 0 Å². The number of benzene rings is 1. The van der Waals surface area contributed by atoms with Gasteiger partial charge in [0.25, 0.3) is 0 Å². The Balaban J connectivity index is 2.27. The van der Waals surface area contributed by atoms with Crippen molar-refractivity contribution in [2.75, 3.05) is 0 Å². The molecule has 0 aliphatic rings. The number of hydrogen-bond donors (Lipinski definition) is 0.